The van der Waals surface area contributed by atoms with Crippen molar-refractivity contribution in [1.29, 1.82) is 0 Å². The molecule has 13 heteroatoms. The predicted octanol–water partition coefficient (Wildman–Crippen LogP) is 2.59. The number of carbonyl (C=O) groups is 6. The number of piperidine rings is 2. The number of hydrogen-bond donors (Lipinski definition) is 4. The largest absolute Gasteiger partial charge is 0.347 e. The van der Waals surface area contributed by atoms with Gasteiger partial charge in [-0.05, 0) is 75.0 Å². The summed E-state index contributed by atoms with van der Waals surface area (Å²) in [4.78, 5) is 91.6. The first-order chi connectivity index (χ1) is 23.4. The van der Waals surface area contributed by atoms with E-state index < -0.39 is 59.0 Å². The maximum absolute atomic E-state index is 14.7. The zero-order valence-electron chi connectivity index (χ0n) is 29.3. The van der Waals surface area contributed by atoms with Gasteiger partial charge in [0.15, 0.2) is 0 Å². The fourth-order valence-corrected chi connectivity index (χ4v) is 7.79. The lowest BCUT2D eigenvalue weighted by Crippen LogP contribution is -2.68. The van der Waals surface area contributed by atoms with Gasteiger partial charge in [0.1, 0.15) is 23.8 Å². The molecule has 268 valence electrons. The number of amides is 5. The van der Waals surface area contributed by atoms with E-state index in [9.17, 15) is 28.8 Å². The third kappa shape index (κ3) is 8.83. The van der Waals surface area contributed by atoms with Gasteiger partial charge < -0.3 is 26.2 Å². The molecule has 4 N–H and O–H groups in total. The maximum Gasteiger partial charge on any atom is 0.289 e. The van der Waals surface area contributed by atoms with E-state index >= 15 is 0 Å². The van der Waals surface area contributed by atoms with Crippen molar-refractivity contribution in [2.75, 3.05) is 0 Å². The van der Waals surface area contributed by atoms with Crippen molar-refractivity contribution in [3.63, 3.8) is 0 Å². The zero-order chi connectivity index (χ0) is 35.3. The van der Waals surface area contributed by atoms with Crippen LogP contribution in [-0.2, 0) is 24.0 Å². The van der Waals surface area contributed by atoms with E-state index in [2.05, 4.69) is 31.2 Å². The fraction of sp³-hybridized carbons (Fsp3) is 0.722. The molecule has 0 spiro atoms. The number of nitrogens with zero attached hydrogens (tertiary/aromatic N) is 3. The van der Waals surface area contributed by atoms with Crippen LogP contribution in [0, 0.1) is 17.3 Å². The van der Waals surface area contributed by atoms with Crippen LogP contribution in [0.3, 0.4) is 0 Å². The number of nitrogens with one attached hydrogen (secondary N) is 4. The van der Waals surface area contributed by atoms with Crippen molar-refractivity contribution in [3.8, 4) is 0 Å². The summed E-state index contributed by atoms with van der Waals surface area (Å²) < 4.78 is 0. The molecule has 3 saturated carbocycles. The van der Waals surface area contributed by atoms with Crippen LogP contribution in [-0.4, -0.2) is 86.4 Å². The molecule has 5 amide bonds. The Kier molecular flexibility index (Phi) is 11.7. The highest BCUT2D eigenvalue weighted by Crippen LogP contribution is 2.41. The minimum absolute atomic E-state index is 0.0132. The molecular formula is C36H53N7O6. The second-order valence-electron chi connectivity index (χ2n) is 15.5. The number of rotatable bonds is 13. The monoisotopic (exact) mass is 679 g/mol. The number of aromatic nitrogens is 2. The molecule has 1 aromatic heterocycles. The molecular weight excluding hydrogens is 626 g/mol. The van der Waals surface area contributed by atoms with Crippen LogP contribution in [0.1, 0.15) is 122 Å². The highest BCUT2D eigenvalue weighted by molar-refractivity contribution is 6.38. The molecule has 2 saturated heterocycles. The van der Waals surface area contributed by atoms with Gasteiger partial charge in [-0.25, -0.2) is 4.98 Å². The number of Topliss-reactive ketones (excluding diaryl/α,β-unsaturated/α-hetero) is 1. The molecule has 13 nitrogen and oxygen atoms in total. The van der Waals surface area contributed by atoms with Crippen LogP contribution in [0.25, 0.3) is 0 Å². The highest BCUT2D eigenvalue weighted by Gasteiger charge is 2.51. The van der Waals surface area contributed by atoms with Crippen molar-refractivity contribution in [2.24, 2.45) is 17.3 Å². The molecule has 4 atom stereocenters. The predicted molar refractivity (Wildman–Crippen MR) is 181 cm³/mol. The van der Waals surface area contributed by atoms with Gasteiger partial charge in [0.05, 0.1) is 12.2 Å². The van der Waals surface area contributed by atoms with Crippen LogP contribution >= 0.6 is 0 Å². The van der Waals surface area contributed by atoms with E-state index in [4.69, 9.17) is 0 Å². The molecule has 1 aromatic rings. The summed E-state index contributed by atoms with van der Waals surface area (Å²) in [6.07, 6.45) is 14.3. The van der Waals surface area contributed by atoms with Gasteiger partial charge in [-0.15, -0.1) is 0 Å². The van der Waals surface area contributed by atoms with E-state index in [1.165, 1.54) is 18.6 Å². The SMILES string of the molecule is CCC[C@H](NC(=O)[C@@H]1C2CCC(CC2)N1C(=O)C(NC(=O)[C@@H](NC(=O)c1cnccn1)C1CCCCC1)C(C)(C)C)C(=O)C(=O)NC1CC1. The molecule has 49 heavy (non-hydrogen) atoms. The first kappa shape index (κ1) is 36.4. The molecule has 5 aliphatic rings. The lowest BCUT2D eigenvalue weighted by molar-refractivity contribution is -0.158. The Morgan fingerprint density at radius 3 is 2.16 bits per heavy atom. The molecule has 1 unspecified atom stereocenters. The summed E-state index contributed by atoms with van der Waals surface area (Å²) in [5.41, 5.74) is -0.638. The summed E-state index contributed by atoms with van der Waals surface area (Å²) in [5, 5.41) is 11.5. The van der Waals surface area contributed by atoms with E-state index in [1.54, 1.807) is 4.90 Å². The zero-order valence-corrected chi connectivity index (χ0v) is 29.3. The Hall–Kier alpha value is -3.90. The first-order valence-electron chi connectivity index (χ1n) is 18.2. The summed E-state index contributed by atoms with van der Waals surface area (Å²) in [7, 11) is 0. The van der Waals surface area contributed by atoms with Crippen molar-refractivity contribution in [2.45, 2.75) is 147 Å². The van der Waals surface area contributed by atoms with Crippen molar-refractivity contribution in [1.82, 2.24) is 36.1 Å². The summed E-state index contributed by atoms with van der Waals surface area (Å²) in [5.74, 6) is -3.33. The average Bonchev–Trinajstić information content (AvgIpc) is 3.92. The highest BCUT2D eigenvalue weighted by atomic mass is 16.2. The second-order valence-corrected chi connectivity index (χ2v) is 15.5. The molecule has 5 fully saturated rings. The van der Waals surface area contributed by atoms with E-state index in [-0.39, 0.29) is 35.5 Å². The first-order valence-corrected chi connectivity index (χ1v) is 18.2. The van der Waals surface area contributed by atoms with Crippen LogP contribution in [0.2, 0.25) is 0 Å². The molecule has 0 aromatic carbocycles. The molecule has 2 bridgehead atoms. The standard InChI is InChI=1S/C36H53N7O6/c1-5-9-25(29(44)34(48)39-23-14-15-23)40-33(47)28-22-12-16-24(17-13-22)43(28)35(49)30(36(2,3)4)42-32(46)27(21-10-7-6-8-11-21)41-31(45)26-20-37-18-19-38-26/h18-25,27-28,30H,5-17H2,1-4H3,(H,39,48)(H,40,47)(H,41,45)(H,42,46)/t22?,24?,25-,27-,28-,30?/m0/s1. The summed E-state index contributed by atoms with van der Waals surface area (Å²) >= 11 is 0. The lowest BCUT2D eigenvalue weighted by atomic mass is 9.73. The Morgan fingerprint density at radius 1 is 0.878 bits per heavy atom. The molecule has 6 rings (SSSR count). The third-order valence-corrected chi connectivity index (χ3v) is 10.6. The molecule has 3 aliphatic carbocycles. The normalized spacial score (nSPS) is 24.2. The van der Waals surface area contributed by atoms with Gasteiger partial charge in [-0.1, -0.05) is 53.4 Å². The van der Waals surface area contributed by atoms with Crippen molar-refractivity contribution in [3.05, 3.63) is 24.3 Å². The quantitative estimate of drug-likeness (QED) is 0.230. The minimum Gasteiger partial charge on any atom is -0.347 e. The third-order valence-electron chi connectivity index (χ3n) is 10.6. The number of ketones is 1. The summed E-state index contributed by atoms with van der Waals surface area (Å²) in [6.45, 7) is 7.50. The van der Waals surface area contributed by atoms with Gasteiger partial charge in [0.25, 0.3) is 11.8 Å². The summed E-state index contributed by atoms with van der Waals surface area (Å²) in [6, 6.07) is -3.87. The van der Waals surface area contributed by atoms with Crippen molar-refractivity contribution < 1.29 is 28.8 Å². The van der Waals surface area contributed by atoms with Crippen LogP contribution in [0.4, 0.5) is 0 Å². The van der Waals surface area contributed by atoms with Gasteiger partial charge in [-0.3, -0.25) is 33.8 Å². The molecule has 3 heterocycles. The molecule has 0 radical (unpaired) electrons. The van der Waals surface area contributed by atoms with Crippen LogP contribution < -0.4 is 21.3 Å². The fourth-order valence-electron chi connectivity index (χ4n) is 7.79. The van der Waals surface area contributed by atoms with Gasteiger partial charge in [0, 0.05) is 24.5 Å². The van der Waals surface area contributed by atoms with Gasteiger partial charge >= 0.3 is 0 Å². The van der Waals surface area contributed by atoms with Gasteiger partial charge in [-0.2, -0.15) is 0 Å². The van der Waals surface area contributed by atoms with Gasteiger partial charge in [0.2, 0.25) is 23.5 Å². The number of fused-ring (bicyclic) bond motifs is 3. The van der Waals surface area contributed by atoms with E-state index in [1.807, 2.05) is 27.7 Å². The molecule has 2 aliphatic heterocycles. The lowest BCUT2D eigenvalue weighted by Gasteiger charge is -2.52. The second kappa shape index (κ2) is 15.8. The Labute approximate surface area is 288 Å². The Bertz CT molecular complexity index is 1380. The number of hydrogen-bond acceptors (Lipinski definition) is 8. The van der Waals surface area contributed by atoms with Crippen LogP contribution in [0.5, 0.6) is 0 Å². The number of carbonyl (C=O) groups excluding carboxylic acids is 6. The van der Waals surface area contributed by atoms with Crippen molar-refractivity contribution >= 4 is 35.3 Å². The maximum atomic E-state index is 14.7. The smallest absolute Gasteiger partial charge is 0.289 e. The Balaban J connectivity index is 1.36. The minimum atomic E-state index is -0.994. The van der Waals surface area contributed by atoms with E-state index in [0.717, 1.165) is 70.6 Å². The van der Waals surface area contributed by atoms with Crippen LogP contribution in [0.15, 0.2) is 18.6 Å². The Morgan fingerprint density at radius 2 is 1.57 bits per heavy atom. The topological polar surface area (TPSA) is 180 Å². The van der Waals surface area contributed by atoms with E-state index in [0.29, 0.717) is 12.8 Å². The average molecular weight is 680 g/mol.